The molecule has 0 radical (unpaired) electrons. The van der Waals surface area contributed by atoms with Crippen molar-refractivity contribution in [2.75, 3.05) is 0 Å². The van der Waals surface area contributed by atoms with Crippen LogP contribution in [0.1, 0.15) is 21.8 Å². The number of benzene rings is 2. The van der Waals surface area contributed by atoms with Crippen molar-refractivity contribution in [2.24, 2.45) is 0 Å². The molecule has 1 aromatic heterocycles. The van der Waals surface area contributed by atoms with E-state index in [2.05, 4.69) is 15.5 Å². The van der Waals surface area contributed by atoms with E-state index in [4.69, 9.17) is 27.6 Å². The Kier molecular flexibility index (Phi) is 5.67. The van der Waals surface area contributed by atoms with Crippen LogP contribution in [-0.2, 0) is 12.7 Å². The molecule has 0 unspecified atom stereocenters. The fourth-order valence-corrected chi connectivity index (χ4v) is 2.77. The molecule has 0 bridgehead atoms. The molecule has 0 saturated carbocycles. The first-order valence-corrected chi connectivity index (χ1v) is 8.47. The number of hydrogen-bond donors (Lipinski definition) is 2. The quantitative estimate of drug-likeness (QED) is 0.556. The zero-order chi connectivity index (χ0) is 21.3. The molecule has 0 aliphatic rings. The van der Waals surface area contributed by atoms with Gasteiger partial charge in [0.2, 0.25) is 5.89 Å². The molecule has 0 aliphatic carbocycles. The third-order valence-corrected chi connectivity index (χ3v) is 4.25. The molecule has 0 atom stereocenters. The van der Waals surface area contributed by atoms with Gasteiger partial charge in [-0.25, -0.2) is 4.39 Å². The highest BCUT2D eigenvalue weighted by Gasteiger charge is 2.34. The maximum absolute atomic E-state index is 13.3. The van der Waals surface area contributed by atoms with Crippen LogP contribution >= 0.6 is 23.2 Å². The Bertz CT molecular complexity index is 1060. The van der Waals surface area contributed by atoms with Crippen molar-refractivity contribution in [1.29, 1.82) is 0 Å². The fourth-order valence-electron chi connectivity index (χ4n) is 2.28. The Morgan fingerprint density at radius 1 is 1.14 bits per heavy atom. The van der Waals surface area contributed by atoms with Crippen LogP contribution in [0, 0.1) is 5.82 Å². The second kappa shape index (κ2) is 7.88. The number of aromatic hydroxyl groups is 1. The van der Waals surface area contributed by atoms with Crippen LogP contribution in [0.15, 0.2) is 34.7 Å². The Morgan fingerprint density at radius 2 is 1.79 bits per heavy atom. The van der Waals surface area contributed by atoms with Crippen LogP contribution in [-0.4, -0.2) is 21.2 Å². The molecule has 29 heavy (non-hydrogen) atoms. The number of hydrogen-bond acceptors (Lipinski definition) is 5. The van der Waals surface area contributed by atoms with Crippen LogP contribution in [0.25, 0.3) is 11.5 Å². The Hall–Kier alpha value is -2.85. The van der Waals surface area contributed by atoms with E-state index in [-0.39, 0.29) is 39.4 Å². The lowest BCUT2D eigenvalue weighted by atomic mass is 10.1. The summed E-state index contributed by atoms with van der Waals surface area (Å²) >= 11 is 11.6. The summed E-state index contributed by atoms with van der Waals surface area (Å²) in [5.41, 5.74) is -1.19. The molecule has 152 valence electrons. The summed E-state index contributed by atoms with van der Waals surface area (Å²) in [4.78, 5) is 12.1. The molecule has 12 heteroatoms. The van der Waals surface area contributed by atoms with Gasteiger partial charge in [0.25, 0.3) is 0 Å². The SMILES string of the molecule is O=C(NCc1ccc(F)c(C(F)(F)F)c1)c1nnc(-c2cc(Cl)c(O)c(Cl)c2)o1. The van der Waals surface area contributed by atoms with E-state index in [0.29, 0.717) is 12.1 Å². The van der Waals surface area contributed by atoms with E-state index < -0.39 is 29.4 Å². The van der Waals surface area contributed by atoms with Gasteiger partial charge in [-0.05, 0) is 29.8 Å². The van der Waals surface area contributed by atoms with E-state index in [1.54, 1.807) is 0 Å². The maximum Gasteiger partial charge on any atom is 0.419 e. The first-order valence-electron chi connectivity index (χ1n) is 7.72. The molecular formula is C17H9Cl2F4N3O3. The average molecular weight is 450 g/mol. The summed E-state index contributed by atoms with van der Waals surface area (Å²) in [6.45, 7) is -0.337. The monoisotopic (exact) mass is 449 g/mol. The normalized spacial score (nSPS) is 11.5. The molecule has 3 aromatic rings. The summed E-state index contributed by atoms with van der Waals surface area (Å²) in [7, 11) is 0. The van der Waals surface area contributed by atoms with E-state index in [1.807, 2.05) is 0 Å². The van der Waals surface area contributed by atoms with Gasteiger partial charge in [-0.1, -0.05) is 29.3 Å². The third-order valence-electron chi connectivity index (χ3n) is 3.67. The van der Waals surface area contributed by atoms with Gasteiger partial charge < -0.3 is 14.8 Å². The van der Waals surface area contributed by atoms with E-state index in [1.165, 1.54) is 12.1 Å². The maximum atomic E-state index is 13.3. The number of carbonyl (C=O) groups excluding carboxylic acids is 1. The molecule has 1 heterocycles. The van der Waals surface area contributed by atoms with Gasteiger partial charge in [-0.2, -0.15) is 13.2 Å². The molecule has 2 aromatic carbocycles. The van der Waals surface area contributed by atoms with Crippen LogP contribution in [0.3, 0.4) is 0 Å². The Balaban J connectivity index is 1.73. The van der Waals surface area contributed by atoms with Gasteiger partial charge in [0.1, 0.15) is 5.82 Å². The van der Waals surface area contributed by atoms with Gasteiger partial charge in [0.15, 0.2) is 5.75 Å². The summed E-state index contributed by atoms with van der Waals surface area (Å²) in [5, 5.41) is 18.9. The van der Waals surface area contributed by atoms with Gasteiger partial charge in [-0.3, -0.25) is 4.79 Å². The standard InChI is InChI=1S/C17H9Cl2F4N3O3/c18-10-4-8(5-11(19)13(10)27)15-25-26-16(29-15)14(28)24-6-7-1-2-12(20)9(3-7)17(21,22)23/h1-5,27H,6H2,(H,24,28). The summed E-state index contributed by atoms with van der Waals surface area (Å²) in [5.74, 6) is -3.22. The van der Waals surface area contributed by atoms with Crippen molar-refractivity contribution in [3.63, 3.8) is 0 Å². The van der Waals surface area contributed by atoms with Crippen molar-refractivity contribution in [3.05, 3.63) is 63.2 Å². The molecule has 0 aliphatic heterocycles. The van der Waals surface area contributed by atoms with Crippen molar-refractivity contribution < 1.29 is 31.9 Å². The first kappa shape index (κ1) is 20.9. The first-order chi connectivity index (χ1) is 13.6. The van der Waals surface area contributed by atoms with Crippen LogP contribution in [0.5, 0.6) is 5.75 Å². The lowest BCUT2D eigenvalue weighted by Gasteiger charge is -2.10. The van der Waals surface area contributed by atoms with Crippen LogP contribution in [0.4, 0.5) is 17.6 Å². The minimum Gasteiger partial charge on any atom is -0.505 e. The number of nitrogens with zero attached hydrogens (tertiary/aromatic N) is 2. The highest BCUT2D eigenvalue weighted by atomic mass is 35.5. The number of halogens is 6. The fraction of sp³-hybridized carbons (Fsp3) is 0.118. The highest BCUT2D eigenvalue weighted by molar-refractivity contribution is 6.37. The van der Waals surface area contributed by atoms with Crippen molar-refractivity contribution in [2.45, 2.75) is 12.7 Å². The second-order valence-electron chi connectivity index (χ2n) is 5.70. The molecular weight excluding hydrogens is 441 g/mol. The Morgan fingerprint density at radius 3 is 2.41 bits per heavy atom. The lowest BCUT2D eigenvalue weighted by molar-refractivity contribution is -0.140. The lowest BCUT2D eigenvalue weighted by Crippen LogP contribution is -2.23. The Labute approximate surface area is 170 Å². The molecule has 3 rings (SSSR count). The van der Waals surface area contributed by atoms with Crippen molar-refractivity contribution in [3.8, 4) is 17.2 Å². The summed E-state index contributed by atoms with van der Waals surface area (Å²) < 4.78 is 56.7. The van der Waals surface area contributed by atoms with Crippen molar-refractivity contribution in [1.82, 2.24) is 15.5 Å². The molecule has 2 N–H and O–H groups in total. The van der Waals surface area contributed by atoms with Gasteiger partial charge in [0.05, 0.1) is 15.6 Å². The predicted octanol–water partition coefficient (Wildman–Crippen LogP) is 4.84. The summed E-state index contributed by atoms with van der Waals surface area (Å²) in [6, 6.07) is 4.93. The predicted molar refractivity (Wildman–Crippen MR) is 94.0 cm³/mol. The van der Waals surface area contributed by atoms with Gasteiger partial charge in [-0.15, -0.1) is 10.2 Å². The number of nitrogens with one attached hydrogen (secondary N) is 1. The minimum absolute atomic E-state index is 0.0175. The number of carbonyl (C=O) groups is 1. The number of phenols is 1. The summed E-state index contributed by atoms with van der Waals surface area (Å²) in [6.07, 6.45) is -4.86. The van der Waals surface area contributed by atoms with Gasteiger partial charge in [0, 0.05) is 12.1 Å². The van der Waals surface area contributed by atoms with E-state index in [0.717, 1.165) is 6.07 Å². The average Bonchev–Trinajstić information content (AvgIpc) is 3.14. The number of phenolic OH excluding ortho intramolecular Hbond substituents is 1. The topological polar surface area (TPSA) is 88.2 Å². The zero-order valence-corrected chi connectivity index (χ0v) is 15.5. The number of alkyl halides is 3. The third kappa shape index (κ3) is 4.60. The molecule has 0 saturated heterocycles. The number of rotatable bonds is 4. The van der Waals surface area contributed by atoms with Crippen LogP contribution in [0.2, 0.25) is 10.0 Å². The smallest absolute Gasteiger partial charge is 0.419 e. The molecule has 0 spiro atoms. The molecule has 0 fully saturated rings. The zero-order valence-electron chi connectivity index (χ0n) is 14.0. The highest BCUT2D eigenvalue weighted by Crippen LogP contribution is 2.36. The minimum atomic E-state index is -4.86. The van der Waals surface area contributed by atoms with Crippen molar-refractivity contribution >= 4 is 29.1 Å². The molecule has 1 amide bonds. The largest absolute Gasteiger partial charge is 0.505 e. The second-order valence-corrected chi connectivity index (χ2v) is 6.51. The van der Waals surface area contributed by atoms with E-state index >= 15 is 0 Å². The molecule has 6 nitrogen and oxygen atoms in total. The number of amides is 1. The van der Waals surface area contributed by atoms with Gasteiger partial charge >= 0.3 is 18.0 Å². The van der Waals surface area contributed by atoms with E-state index in [9.17, 15) is 27.5 Å². The van der Waals surface area contributed by atoms with Crippen LogP contribution < -0.4 is 5.32 Å². The number of aromatic nitrogens is 2.